The molecule has 0 bridgehead atoms. The second-order valence-corrected chi connectivity index (χ2v) is 7.32. The Morgan fingerprint density at radius 2 is 1.63 bits per heavy atom. The predicted molar refractivity (Wildman–Crippen MR) is 118 cm³/mol. The minimum atomic E-state index is -0.132. The highest BCUT2D eigenvalue weighted by Gasteiger charge is 2.12. The number of hydrogen-bond acceptors (Lipinski definition) is 4. The van der Waals surface area contributed by atoms with Crippen molar-refractivity contribution in [1.82, 2.24) is 10.1 Å². The summed E-state index contributed by atoms with van der Waals surface area (Å²) in [4.78, 5) is 16.7. The zero-order valence-electron chi connectivity index (χ0n) is 16.4. The fourth-order valence-electron chi connectivity index (χ4n) is 3.09. The Balaban J connectivity index is 1.37. The van der Waals surface area contributed by atoms with Gasteiger partial charge in [-0.1, -0.05) is 77.4 Å². The van der Waals surface area contributed by atoms with Gasteiger partial charge in [0.1, 0.15) is 0 Å². The lowest BCUT2D eigenvalue weighted by atomic mass is 10.0. The van der Waals surface area contributed by atoms with Crippen LogP contribution in [0.2, 0.25) is 5.02 Å². The standard InChI is InChI=1S/C24H20ClN3O2/c1-16-20(25)8-5-9-21(16)26-22(29)14-15-23-27-24(28-30-23)19-12-10-18(11-13-19)17-6-3-2-4-7-17/h2-13H,14-15H2,1H3,(H,26,29). The van der Waals surface area contributed by atoms with E-state index in [-0.39, 0.29) is 12.3 Å². The first-order valence-corrected chi connectivity index (χ1v) is 10.0. The number of carbonyl (C=O) groups excluding carboxylic acids is 1. The molecule has 1 aromatic heterocycles. The molecule has 0 fully saturated rings. The van der Waals surface area contributed by atoms with Crippen LogP contribution in [0.4, 0.5) is 5.69 Å². The molecule has 5 nitrogen and oxygen atoms in total. The van der Waals surface area contributed by atoms with Gasteiger partial charge in [-0.25, -0.2) is 0 Å². The molecule has 0 atom stereocenters. The summed E-state index contributed by atoms with van der Waals surface area (Å²) in [6.45, 7) is 1.87. The fraction of sp³-hybridized carbons (Fsp3) is 0.125. The molecule has 1 heterocycles. The normalized spacial score (nSPS) is 10.7. The number of nitrogens with one attached hydrogen (secondary N) is 1. The number of nitrogens with zero attached hydrogens (tertiary/aromatic N) is 2. The van der Waals surface area contributed by atoms with Gasteiger partial charge in [0.05, 0.1) is 0 Å². The summed E-state index contributed by atoms with van der Waals surface area (Å²) >= 11 is 6.09. The van der Waals surface area contributed by atoms with Gasteiger partial charge in [0.15, 0.2) is 0 Å². The van der Waals surface area contributed by atoms with Gasteiger partial charge in [-0.15, -0.1) is 0 Å². The van der Waals surface area contributed by atoms with Gasteiger partial charge in [-0.2, -0.15) is 4.98 Å². The molecule has 150 valence electrons. The van der Waals surface area contributed by atoms with Crippen LogP contribution in [0, 0.1) is 6.92 Å². The number of benzene rings is 3. The van der Waals surface area contributed by atoms with Crippen molar-refractivity contribution < 1.29 is 9.32 Å². The largest absolute Gasteiger partial charge is 0.339 e. The third-order valence-electron chi connectivity index (χ3n) is 4.83. The highest BCUT2D eigenvalue weighted by atomic mass is 35.5. The maximum atomic E-state index is 12.3. The highest BCUT2D eigenvalue weighted by Crippen LogP contribution is 2.24. The van der Waals surface area contributed by atoms with E-state index < -0.39 is 0 Å². The summed E-state index contributed by atoms with van der Waals surface area (Å²) < 4.78 is 5.32. The second-order valence-electron chi connectivity index (χ2n) is 6.92. The van der Waals surface area contributed by atoms with Crippen molar-refractivity contribution in [2.45, 2.75) is 19.8 Å². The third kappa shape index (κ3) is 4.58. The van der Waals surface area contributed by atoms with E-state index in [9.17, 15) is 4.79 Å². The highest BCUT2D eigenvalue weighted by molar-refractivity contribution is 6.31. The molecule has 0 unspecified atom stereocenters. The molecule has 0 spiro atoms. The quantitative estimate of drug-likeness (QED) is 0.421. The van der Waals surface area contributed by atoms with Gasteiger partial charge in [-0.05, 0) is 35.7 Å². The summed E-state index contributed by atoms with van der Waals surface area (Å²) in [6, 6.07) is 23.6. The van der Waals surface area contributed by atoms with Crippen molar-refractivity contribution >= 4 is 23.2 Å². The van der Waals surface area contributed by atoms with Crippen LogP contribution in [-0.4, -0.2) is 16.0 Å². The van der Waals surface area contributed by atoms with Crippen molar-refractivity contribution in [3.05, 3.63) is 89.3 Å². The van der Waals surface area contributed by atoms with Crippen molar-refractivity contribution in [2.24, 2.45) is 0 Å². The van der Waals surface area contributed by atoms with Crippen LogP contribution in [-0.2, 0) is 11.2 Å². The van der Waals surface area contributed by atoms with Crippen molar-refractivity contribution in [3.8, 4) is 22.5 Å². The lowest BCUT2D eigenvalue weighted by Gasteiger charge is -2.08. The van der Waals surface area contributed by atoms with Gasteiger partial charge in [-0.3, -0.25) is 4.79 Å². The molecule has 0 aliphatic rings. The molecule has 0 radical (unpaired) electrons. The SMILES string of the molecule is Cc1c(Cl)cccc1NC(=O)CCc1nc(-c2ccc(-c3ccccc3)cc2)no1. The minimum Gasteiger partial charge on any atom is -0.339 e. The van der Waals surface area contributed by atoms with E-state index in [0.717, 1.165) is 22.3 Å². The van der Waals surface area contributed by atoms with Crippen LogP contribution in [0.15, 0.2) is 77.3 Å². The third-order valence-corrected chi connectivity index (χ3v) is 5.24. The maximum Gasteiger partial charge on any atom is 0.227 e. The number of aryl methyl sites for hydroxylation is 1. The Morgan fingerprint density at radius 3 is 2.40 bits per heavy atom. The van der Waals surface area contributed by atoms with E-state index in [1.54, 1.807) is 12.1 Å². The molecule has 3 aromatic carbocycles. The topological polar surface area (TPSA) is 68.0 Å². The molecule has 1 amide bonds. The lowest BCUT2D eigenvalue weighted by Crippen LogP contribution is -2.13. The molecule has 0 aliphatic carbocycles. The number of halogens is 1. The molecule has 1 N–H and O–H groups in total. The Kier molecular flexibility index (Phi) is 5.91. The van der Waals surface area contributed by atoms with Gasteiger partial charge < -0.3 is 9.84 Å². The first-order chi connectivity index (χ1) is 14.6. The van der Waals surface area contributed by atoms with Crippen LogP contribution in [0.25, 0.3) is 22.5 Å². The average Bonchev–Trinajstić information content (AvgIpc) is 3.25. The second kappa shape index (κ2) is 8.93. The fourth-order valence-corrected chi connectivity index (χ4v) is 3.27. The van der Waals surface area contributed by atoms with Crippen LogP contribution in [0.5, 0.6) is 0 Å². The molecule has 4 rings (SSSR count). The van der Waals surface area contributed by atoms with Crippen molar-refractivity contribution in [1.29, 1.82) is 0 Å². The van der Waals surface area contributed by atoms with E-state index in [0.29, 0.717) is 28.8 Å². The molecular formula is C24H20ClN3O2. The van der Waals surface area contributed by atoms with Gasteiger partial charge in [0, 0.05) is 29.1 Å². The first-order valence-electron chi connectivity index (χ1n) is 9.63. The Hall–Kier alpha value is -3.44. The average molecular weight is 418 g/mol. The smallest absolute Gasteiger partial charge is 0.227 e. The number of carbonyl (C=O) groups is 1. The Bertz CT molecular complexity index is 1150. The lowest BCUT2D eigenvalue weighted by molar-refractivity contribution is -0.116. The Labute approximate surface area is 179 Å². The zero-order chi connectivity index (χ0) is 20.9. The monoisotopic (exact) mass is 417 g/mol. The predicted octanol–water partition coefficient (Wildman–Crippen LogP) is 5.94. The number of anilines is 1. The minimum absolute atomic E-state index is 0.132. The van der Waals surface area contributed by atoms with Gasteiger partial charge >= 0.3 is 0 Å². The molecular weight excluding hydrogens is 398 g/mol. The number of amides is 1. The Morgan fingerprint density at radius 1 is 0.933 bits per heavy atom. The maximum absolute atomic E-state index is 12.3. The number of aromatic nitrogens is 2. The van der Waals surface area contributed by atoms with E-state index in [2.05, 4.69) is 27.6 Å². The van der Waals surface area contributed by atoms with Crippen LogP contribution in [0.1, 0.15) is 17.9 Å². The van der Waals surface area contributed by atoms with Crippen LogP contribution < -0.4 is 5.32 Å². The molecule has 0 aliphatic heterocycles. The van der Waals surface area contributed by atoms with Gasteiger partial charge in [0.2, 0.25) is 17.6 Å². The summed E-state index contributed by atoms with van der Waals surface area (Å²) in [5.41, 5.74) is 4.68. The molecule has 6 heteroatoms. The first kappa shape index (κ1) is 19.9. The van der Waals surface area contributed by atoms with Crippen molar-refractivity contribution in [3.63, 3.8) is 0 Å². The van der Waals surface area contributed by atoms with Crippen LogP contribution >= 0.6 is 11.6 Å². The molecule has 0 saturated heterocycles. The summed E-state index contributed by atoms with van der Waals surface area (Å²) in [6.07, 6.45) is 0.598. The molecule has 30 heavy (non-hydrogen) atoms. The van der Waals surface area contributed by atoms with Gasteiger partial charge in [0.25, 0.3) is 0 Å². The van der Waals surface area contributed by atoms with Crippen LogP contribution in [0.3, 0.4) is 0 Å². The zero-order valence-corrected chi connectivity index (χ0v) is 17.2. The number of hydrogen-bond donors (Lipinski definition) is 1. The van der Waals surface area contributed by atoms with Crippen molar-refractivity contribution in [2.75, 3.05) is 5.32 Å². The molecule has 0 saturated carbocycles. The van der Waals surface area contributed by atoms with E-state index in [1.165, 1.54) is 0 Å². The van der Waals surface area contributed by atoms with E-state index >= 15 is 0 Å². The summed E-state index contributed by atoms with van der Waals surface area (Å²) in [5, 5.41) is 7.53. The van der Waals surface area contributed by atoms with E-state index in [1.807, 2.05) is 55.5 Å². The number of rotatable bonds is 6. The summed E-state index contributed by atoms with van der Waals surface area (Å²) in [7, 11) is 0. The van der Waals surface area contributed by atoms with E-state index in [4.69, 9.17) is 16.1 Å². The summed E-state index contributed by atoms with van der Waals surface area (Å²) in [5.74, 6) is 0.804. The molecule has 4 aromatic rings.